The Balaban J connectivity index is 2.34. The molecule has 0 amide bonds. The molecule has 1 atom stereocenters. The predicted molar refractivity (Wildman–Crippen MR) is 64.3 cm³/mol. The number of carboxylic acids is 1. The maximum absolute atomic E-state index is 11.0. The van der Waals surface area contributed by atoms with Crippen molar-refractivity contribution in [3.8, 4) is 0 Å². The van der Waals surface area contributed by atoms with Crippen LogP contribution in [0.25, 0.3) is 0 Å². The van der Waals surface area contributed by atoms with Crippen molar-refractivity contribution < 1.29 is 14.7 Å². The molecule has 1 aromatic carbocycles. The molecular formula is C11H9Cl2NO3. The lowest BCUT2D eigenvalue weighted by Gasteiger charge is -2.25. The highest BCUT2D eigenvalue weighted by Gasteiger charge is 2.46. The molecule has 17 heavy (non-hydrogen) atoms. The fraction of sp³-hybridized carbons (Fsp3) is 0.273. The Labute approximate surface area is 108 Å². The average molecular weight is 274 g/mol. The second-order valence-corrected chi connectivity index (χ2v) is 5.00. The highest BCUT2D eigenvalue weighted by molar-refractivity contribution is 6.51. The second kappa shape index (κ2) is 4.55. The summed E-state index contributed by atoms with van der Waals surface area (Å²) in [6.45, 7) is 0.0591. The summed E-state index contributed by atoms with van der Waals surface area (Å²) in [6, 6.07) is 8.85. The van der Waals surface area contributed by atoms with E-state index < -0.39 is 16.2 Å². The molecule has 1 aliphatic heterocycles. The SMILES string of the molecule is O=C(O)C1=NOCC1C(Cl)(Cl)c1ccccc1. The van der Waals surface area contributed by atoms with E-state index in [0.717, 1.165) is 0 Å². The Kier molecular flexibility index (Phi) is 3.26. The average Bonchev–Trinajstić information content (AvgIpc) is 2.80. The zero-order valence-electron chi connectivity index (χ0n) is 8.64. The van der Waals surface area contributed by atoms with Crippen molar-refractivity contribution in [2.45, 2.75) is 4.33 Å². The maximum atomic E-state index is 11.0. The number of halogens is 2. The van der Waals surface area contributed by atoms with Crippen LogP contribution in [0.3, 0.4) is 0 Å². The smallest absolute Gasteiger partial charge is 0.354 e. The lowest BCUT2D eigenvalue weighted by Crippen LogP contribution is -2.34. The molecule has 1 heterocycles. The van der Waals surface area contributed by atoms with Gasteiger partial charge in [0.2, 0.25) is 0 Å². The molecule has 1 N–H and O–H groups in total. The van der Waals surface area contributed by atoms with Crippen molar-refractivity contribution >= 4 is 34.9 Å². The summed E-state index contributed by atoms with van der Waals surface area (Å²) in [6.07, 6.45) is 0. The van der Waals surface area contributed by atoms with Gasteiger partial charge in [-0.25, -0.2) is 4.79 Å². The number of benzene rings is 1. The van der Waals surface area contributed by atoms with Gasteiger partial charge in [0.25, 0.3) is 0 Å². The standard InChI is InChI=1S/C11H9Cl2NO3/c12-11(13,7-4-2-1-3-5-7)8-6-17-14-9(8)10(15)16/h1-5,8H,6H2,(H,15,16). The van der Waals surface area contributed by atoms with Gasteiger partial charge >= 0.3 is 5.97 Å². The molecule has 0 spiro atoms. The van der Waals surface area contributed by atoms with Crippen molar-refractivity contribution in [1.29, 1.82) is 0 Å². The number of nitrogens with zero attached hydrogens (tertiary/aromatic N) is 1. The Bertz CT molecular complexity index is 459. The number of oxime groups is 1. The minimum absolute atomic E-state index is 0.0591. The van der Waals surface area contributed by atoms with Crippen LogP contribution in [0.5, 0.6) is 0 Å². The summed E-state index contributed by atoms with van der Waals surface area (Å²) in [7, 11) is 0. The van der Waals surface area contributed by atoms with Crippen LogP contribution in [-0.2, 0) is 14.0 Å². The van der Waals surface area contributed by atoms with E-state index in [2.05, 4.69) is 5.16 Å². The molecule has 0 saturated heterocycles. The zero-order chi connectivity index (χ0) is 12.5. The van der Waals surface area contributed by atoms with Crippen LogP contribution in [0, 0.1) is 5.92 Å². The first-order valence-corrected chi connectivity index (χ1v) is 5.65. The Morgan fingerprint density at radius 1 is 1.41 bits per heavy atom. The molecule has 90 valence electrons. The number of hydrogen-bond acceptors (Lipinski definition) is 3. The van der Waals surface area contributed by atoms with E-state index in [1.165, 1.54) is 0 Å². The van der Waals surface area contributed by atoms with Crippen molar-refractivity contribution in [3.63, 3.8) is 0 Å². The van der Waals surface area contributed by atoms with Gasteiger partial charge in [0.05, 0.1) is 5.92 Å². The van der Waals surface area contributed by atoms with Crippen LogP contribution < -0.4 is 0 Å². The molecule has 2 rings (SSSR count). The second-order valence-electron chi connectivity index (χ2n) is 3.62. The molecule has 6 heteroatoms. The third-order valence-corrected chi connectivity index (χ3v) is 3.51. The van der Waals surface area contributed by atoms with E-state index in [9.17, 15) is 4.79 Å². The highest BCUT2D eigenvalue weighted by atomic mass is 35.5. The van der Waals surface area contributed by atoms with Crippen molar-refractivity contribution in [2.24, 2.45) is 11.1 Å². The van der Waals surface area contributed by atoms with Gasteiger partial charge in [0.15, 0.2) is 10.0 Å². The largest absolute Gasteiger partial charge is 0.477 e. The molecule has 0 aromatic heterocycles. The van der Waals surface area contributed by atoms with Gasteiger partial charge in [-0.15, -0.1) is 0 Å². The zero-order valence-corrected chi connectivity index (χ0v) is 10.1. The lowest BCUT2D eigenvalue weighted by molar-refractivity contribution is -0.129. The molecule has 0 aliphatic carbocycles. The maximum Gasteiger partial charge on any atom is 0.354 e. The van der Waals surface area contributed by atoms with Gasteiger partial charge in [-0.3, -0.25) is 0 Å². The first kappa shape index (κ1) is 12.2. The fourth-order valence-corrected chi connectivity index (χ4v) is 2.23. The third-order valence-electron chi connectivity index (χ3n) is 2.55. The normalized spacial score (nSPS) is 19.6. The summed E-state index contributed by atoms with van der Waals surface area (Å²) in [5.74, 6) is -1.86. The highest BCUT2D eigenvalue weighted by Crippen LogP contribution is 2.43. The number of hydrogen-bond donors (Lipinski definition) is 1. The summed E-state index contributed by atoms with van der Waals surface area (Å²) < 4.78 is -1.37. The van der Waals surface area contributed by atoms with Gasteiger partial charge in [-0.05, 0) is 5.56 Å². The van der Waals surface area contributed by atoms with E-state index in [1.807, 2.05) is 6.07 Å². The molecule has 0 radical (unpaired) electrons. The summed E-state index contributed by atoms with van der Waals surface area (Å²) in [4.78, 5) is 15.7. The van der Waals surface area contributed by atoms with Crippen molar-refractivity contribution in [2.75, 3.05) is 6.61 Å². The fourth-order valence-electron chi connectivity index (χ4n) is 1.65. The predicted octanol–water partition coefficient (Wildman–Crippen LogP) is 2.40. The van der Waals surface area contributed by atoms with Gasteiger partial charge < -0.3 is 9.94 Å². The van der Waals surface area contributed by atoms with Crippen molar-refractivity contribution in [3.05, 3.63) is 35.9 Å². The van der Waals surface area contributed by atoms with E-state index in [4.69, 9.17) is 33.1 Å². The molecule has 0 bridgehead atoms. The number of rotatable bonds is 3. The minimum Gasteiger partial charge on any atom is -0.477 e. The molecule has 1 aliphatic rings. The molecular weight excluding hydrogens is 265 g/mol. The van der Waals surface area contributed by atoms with Gasteiger partial charge in [0.1, 0.15) is 6.61 Å². The molecule has 1 aromatic rings. The van der Waals surface area contributed by atoms with E-state index >= 15 is 0 Å². The van der Waals surface area contributed by atoms with Gasteiger partial charge in [-0.2, -0.15) is 0 Å². The Hall–Kier alpha value is -1.26. The van der Waals surface area contributed by atoms with Crippen LogP contribution >= 0.6 is 23.2 Å². The molecule has 0 fully saturated rings. The number of aliphatic carboxylic acids is 1. The van der Waals surface area contributed by atoms with E-state index in [-0.39, 0.29) is 12.3 Å². The molecule has 4 nitrogen and oxygen atoms in total. The minimum atomic E-state index is -1.37. The first-order chi connectivity index (χ1) is 8.03. The lowest BCUT2D eigenvalue weighted by atomic mass is 9.94. The first-order valence-electron chi connectivity index (χ1n) is 4.90. The van der Waals surface area contributed by atoms with Gasteiger partial charge in [-0.1, -0.05) is 58.7 Å². The van der Waals surface area contributed by atoms with Crippen LogP contribution in [-0.4, -0.2) is 23.4 Å². The Morgan fingerprint density at radius 3 is 2.65 bits per heavy atom. The Morgan fingerprint density at radius 2 is 2.06 bits per heavy atom. The topological polar surface area (TPSA) is 58.9 Å². The molecule has 0 saturated carbocycles. The van der Waals surface area contributed by atoms with Crippen LogP contribution in [0.4, 0.5) is 0 Å². The molecule has 1 unspecified atom stereocenters. The number of carbonyl (C=O) groups is 1. The quantitative estimate of drug-likeness (QED) is 0.861. The summed E-state index contributed by atoms with van der Waals surface area (Å²) >= 11 is 12.5. The monoisotopic (exact) mass is 273 g/mol. The van der Waals surface area contributed by atoms with Crippen molar-refractivity contribution in [1.82, 2.24) is 0 Å². The van der Waals surface area contributed by atoms with Crippen LogP contribution in [0.1, 0.15) is 5.56 Å². The summed E-state index contributed by atoms with van der Waals surface area (Å²) in [5.41, 5.74) is 0.464. The number of carboxylic acid groups (broad SMARTS) is 1. The van der Waals surface area contributed by atoms with Crippen LogP contribution in [0.15, 0.2) is 35.5 Å². The van der Waals surface area contributed by atoms with E-state index in [1.54, 1.807) is 24.3 Å². The van der Waals surface area contributed by atoms with Gasteiger partial charge in [0, 0.05) is 0 Å². The van der Waals surface area contributed by atoms with Crippen LogP contribution in [0.2, 0.25) is 0 Å². The number of alkyl halides is 2. The summed E-state index contributed by atoms with van der Waals surface area (Å²) in [5, 5.41) is 12.4. The third kappa shape index (κ3) is 2.23. The van der Waals surface area contributed by atoms with E-state index in [0.29, 0.717) is 5.56 Å².